The van der Waals surface area contributed by atoms with Gasteiger partial charge in [0.25, 0.3) is 0 Å². The molecule has 2 amide bonds. The molecule has 0 aliphatic heterocycles. The zero-order chi connectivity index (χ0) is 21.2. The first-order valence-electron chi connectivity index (χ1n) is 10.2. The summed E-state index contributed by atoms with van der Waals surface area (Å²) >= 11 is 0. The first-order chi connectivity index (χ1) is 14.7. The molecule has 5 heteroatoms. The molecule has 1 atom stereocenters. The third-order valence-corrected chi connectivity index (χ3v) is 4.87. The van der Waals surface area contributed by atoms with Gasteiger partial charge in [-0.3, -0.25) is 14.6 Å². The zero-order valence-electron chi connectivity index (χ0n) is 17.2. The predicted molar refractivity (Wildman–Crippen MR) is 117 cm³/mol. The Bertz CT molecular complexity index is 930. The Hall–Kier alpha value is -3.47. The van der Waals surface area contributed by atoms with Crippen LogP contribution in [-0.2, 0) is 22.7 Å². The minimum atomic E-state index is -0.702. The lowest BCUT2D eigenvalue weighted by atomic mass is 10.0. The smallest absolute Gasteiger partial charge is 0.247 e. The Morgan fingerprint density at radius 1 is 0.900 bits per heavy atom. The van der Waals surface area contributed by atoms with Crippen molar-refractivity contribution in [3.05, 3.63) is 102 Å². The Morgan fingerprint density at radius 3 is 2.17 bits per heavy atom. The van der Waals surface area contributed by atoms with Crippen LogP contribution in [-0.4, -0.2) is 21.7 Å². The van der Waals surface area contributed by atoms with Gasteiger partial charge in [-0.1, -0.05) is 67.6 Å². The Labute approximate surface area is 177 Å². The highest BCUT2D eigenvalue weighted by atomic mass is 16.2. The fourth-order valence-corrected chi connectivity index (χ4v) is 3.36. The van der Waals surface area contributed by atoms with E-state index in [1.807, 2.05) is 79.7 Å². The third-order valence-electron chi connectivity index (χ3n) is 4.87. The lowest BCUT2D eigenvalue weighted by Crippen LogP contribution is -2.43. The highest BCUT2D eigenvalue weighted by Gasteiger charge is 2.30. The lowest BCUT2D eigenvalue weighted by Gasteiger charge is -2.31. The number of aromatic nitrogens is 1. The van der Waals surface area contributed by atoms with Gasteiger partial charge < -0.3 is 10.2 Å². The minimum absolute atomic E-state index is 0.0331. The van der Waals surface area contributed by atoms with E-state index in [0.29, 0.717) is 19.5 Å². The normalized spacial score (nSPS) is 11.5. The van der Waals surface area contributed by atoms with E-state index in [2.05, 4.69) is 10.3 Å². The molecule has 0 fully saturated rings. The topological polar surface area (TPSA) is 62.3 Å². The van der Waals surface area contributed by atoms with Crippen LogP contribution in [0.1, 0.15) is 42.5 Å². The SMILES string of the molecule is CCCC(=O)N(Cc1ccccc1)[C@@H](C(=O)NCc1ccncc1)c1ccccc1. The van der Waals surface area contributed by atoms with E-state index in [-0.39, 0.29) is 11.8 Å². The molecule has 0 saturated heterocycles. The molecule has 30 heavy (non-hydrogen) atoms. The molecule has 1 N–H and O–H groups in total. The number of amides is 2. The van der Waals surface area contributed by atoms with E-state index in [0.717, 1.165) is 23.1 Å². The van der Waals surface area contributed by atoms with Gasteiger partial charge in [0.15, 0.2) is 0 Å². The first kappa shape index (κ1) is 21.2. The molecule has 0 radical (unpaired) electrons. The van der Waals surface area contributed by atoms with E-state index < -0.39 is 6.04 Å². The van der Waals surface area contributed by atoms with Gasteiger partial charge in [0.2, 0.25) is 11.8 Å². The number of pyridine rings is 1. The van der Waals surface area contributed by atoms with Crippen LogP contribution in [0.4, 0.5) is 0 Å². The largest absolute Gasteiger partial charge is 0.350 e. The van der Waals surface area contributed by atoms with Crippen LogP contribution in [0.25, 0.3) is 0 Å². The fraction of sp³-hybridized carbons (Fsp3) is 0.240. The van der Waals surface area contributed by atoms with Crippen molar-refractivity contribution in [1.82, 2.24) is 15.2 Å². The predicted octanol–water partition coefficient (Wildman–Crippen LogP) is 4.27. The molecule has 3 aromatic rings. The van der Waals surface area contributed by atoms with Crippen molar-refractivity contribution in [2.75, 3.05) is 0 Å². The number of benzene rings is 2. The molecule has 1 heterocycles. The van der Waals surface area contributed by atoms with E-state index in [1.54, 1.807) is 17.3 Å². The van der Waals surface area contributed by atoms with Gasteiger partial charge in [-0.15, -0.1) is 0 Å². The van der Waals surface area contributed by atoms with Crippen molar-refractivity contribution in [3.8, 4) is 0 Å². The molecule has 0 bridgehead atoms. The van der Waals surface area contributed by atoms with E-state index in [9.17, 15) is 9.59 Å². The van der Waals surface area contributed by atoms with Gasteiger partial charge in [-0.2, -0.15) is 0 Å². The molecule has 5 nitrogen and oxygen atoms in total. The number of carbonyl (C=O) groups excluding carboxylic acids is 2. The molecule has 0 saturated carbocycles. The number of nitrogens with zero attached hydrogens (tertiary/aromatic N) is 2. The quantitative estimate of drug-likeness (QED) is 0.582. The average Bonchev–Trinajstić information content (AvgIpc) is 2.79. The summed E-state index contributed by atoms with van der Waals surface area (Å²) in [5.74, 6) is -0.229. The molecule has 0 spiro atoms. The van der Waals surface area contributed by atoms with E-state index >= 15 is 0 Å². The van der Waals surface area contributed by atoms with Crippen LogP contribution in [0.5, 0.6) is 0 Å². The van der Waals surface area contributed by atoms with Crippen molar-refractivity contribution in [2.24, 2.45) is 0 Å². The summed E-state index contributed by atoms with van der Waals surface area (Å²) in [5, 5.41) is 3.00. The summed E-state index contributed by atoms with van der Waals surface area (Å²) in [6.45, 7) is 2.73. The summed E-state index contributed by atoms with van der Waals surface area (Å²) in [6, 6.07) is 22.3. The fourth-order valence-electron chi connectivity index (χ4n) is 3.36. The second kappa shape index (κ2) is 10.9. The van der Waals surface area contributed by atoms with Gasteiger partial charge in [0.05, 0.1) is 0 Å². The maximum absolute atomic E-state index is 13.3. The molecular weight excluding hydrogens is 374 g/mol. The molecule has 0 aliphatic rings. The maximum atomic E-state index is 13.3. The molecule has 1 aromatic heterocycles. The number of rotatable bonds is 9. The Morgan fingerprint density at radius 2 is 1.53 bits per heavy atom. The van der Waals surface area contributed by atoms with Gasteiger partial charge in [0.1, 0.15) is 6.04 Å². The molecule has 0 aliphatic carbocycles. The highest BCUT2D eigenvalue weighted by Crippen LogP contribution is 2.25. The summed E-state index contributed by atoms with van der Waals surface area (Å²) in [4.78, 5) is 32.1. The average molecular weight is 402 g/mol. The van der Waals surface area contributed by atoms with Crippen LogP contribution in [0.2, 0.25) is 0 Å². The maximum Gasteiger partial charge on any atom is 0.247 e. The number of carbonyl (C=O) groups is 2. The lowest BCUT2D eigenvalue weighted by molar-refractivity contribution is -0.141. The molecule has 154 valence electrons. The third kappa shape index (κ3) is 5.77. The second-order valence-corrected chi connectivity index (χ2v) is 7.14. The summed E-state index contributed by atoms with van der Waals surface area (Å²) in [6.07, 6.45) is 4.52. The Kier molecular flexibility index (Phi) is 7.72. The number of hydrogen-bond acceptors (Lipinski definition) is 3. The van der Waals surface area contributed by atoms with E-state index in [4.69, 9.17) is 0 Å². The van der Waals surface area contributed by atoms with Gasteiger partial charge in [0, 0.05) is 31.9 Å². The van der Waals surface area contributed by atoms with Crippen LogP contribution in [0, 0.1) is 0 Å². The first-order valence-corrected chi connectivity index (χ1v) is 10.2. The van der Waals surface area contributed by atoms with Crippen molar-refractivity contribution in [2.45, 2.75) is 38.9 Å². The standard InChI is InChI=1S/C25H27N3O2/c1-2-9-23(29)28(19-21-10-5-3-6-11-21)24(22-12-7-4-8-13-22)25(30)27-18-20-14-16-26-17-15-20/h3-8,10-17,24H,2,9,18-19H2,1H3,(H,27,30)/t24-/m1/s1. The zero-order valence-corrected chi connectivity index (χ0v) is 17.2. The summed E-state index contributed by atoms with van der Waals surface area (Å²) < 4.78 is 0. The van der Waals surface area contributed by atoms with Crippen molar-refractivity contribution in [3.63, 3.8) is 0 Å². The van der Waals surface area contributed by atoms with Crippen molar-refractivity contribution >= 4 is 11.8 Å². The number of nitrogens with one attached hydrogen (secondary N) is 1. The van der Waals surface area contributed by atoms with Crippen molar-refractivity contribution in [1.29, 1.82) is 0 Å². The van der Waals surface area contributed by atoms with Crippen molar-refractivity contribution < 1.29 is 9.59 Å². The van der Waals surface area contributed by atoms with Crippen LogP contribution >= 0.6 is 0 Å². The van der Waals surface area contributed by atoms with Gasteiger partial charge >= 0.3 is 0 Å². The van der Waals surface area contributed by atoms with Crippen LogP contribution in [0.15, 0.2) is 85.2 Å². The minimum Gasteiger partial charge on any atom is -0.350 e. The van der Waals surface area contributed by atoms with Gasteiger partial charge in [-0.05, 0) is 35.2 Å². The number of hydrogen-bond donors (Lipinski definition) is 1. The van der Waals surface area contributed by atoms with Crippen LogP contribution < -0.4 is 5.32 Å². The molecule has 2 aromatic carbocycles. The molecule has 3 rings (SSSR count). The molecule has 0 unspecified atom stereocenters. The van der Waals surface area contributed by atoms with Crippen LogP contribution in [0.3, 0.4) is 0 Å². The van der Waals surface area contributed by atoms with Gasteiger partial charge in [-0.25, -0.2) is 0 Å². The summed E-state index contributed by atoms with van der Waals surface area (Å²) in [7, 11) is 0. The second-order valence-electron chi connectivity index (χ2n) is 7.14. The molecular formula is C25H27N3O2. The Balaban J connectivity index is 1.90. The van der Waals surface area contributed by atoms with E-state index in [1.165, 1.54) is 0 Å². The monoisotopic (exact) mass is 401 g/mol. The summed E-state index contributed by atoms with van der Waals surface area (Å²) in [5.41, 5.74) is 2.74. The highest BCUT2D eigenvalue weighted by molar-refractivity contribution is 5.88.